The van der Waals surface area contributed by atoms with Gasteiger partial charge in [0.05, 0.1) is 5.02 Å². The van der Waals surface area contributed by atoms with Crippen LogP contribution in [-0.4, -0.2) is 51.0 Å². The average Bonchev–Trinajstić information content (AvgIpc) is 3.34. The van der Waals surface area contributed by atoms with Gasteiger partial charge in [0.25, 0.3) is 5.91 Å². The fraction of sp³-hybridized carbons (Fsp3) is 0.343. The zero-order valence-electron chi connectivity index (χ0n) is 25.0. The number of amides is 2. The Labute approximate surface area is 262 Å². The Kier molecular flexibility index (Phi) is 9.52. The van der Waals surface area contributed by atoms with Crippen LogP contribution in [0.3, 0.4) is 0 Å². The number of hydrogen-bond acceptors (Lipinski definition) is 5. The van der Waals surface area contributed by atoms with Crippen molar-refractivity contribution >= 4 is 45.0 Å². The maximum absolute atomic E-state index is 14.3. The van der Waals surface area contributed by atoms with E-state index in [-0.39, 0.29) is 24.1 Å². The van der Waals surface area contributed by atoms with Crippen molar-refractivity contribution in [3.63, 3.8) is 0 Å². The SMILES string of the molecule is C=CCN(C(=O)OC(C)(C)C)C1CCC(N(Cc2cccc(-c3ccncc3)c2)C(=O)c2sc3ccccc3c2Cl)CC1. The molecule has 0 atom stereocenters. The Balaban J connectivity index is 1.41. The summed E-state index contributed by atoms with van der Waals surface area (Å²) in [5.74, 6) is -0.0564. The van der Waals surface area contributed by atoms with Gasteiger partial charge in [0.1, 0.15) is 10.5 Å². The van der Waals surface area contributed by atoms with Crippen LogP contribution < -0.4 is 0 Å². The van der Waals surface area contributed by atoms with E-state index in [1.807, 2.05) is 68.1 Å². The molecule has 0 aliphatic heterocycles. The highest BCUT2D eigenvalue weighted by Crippen LogP contribution is 2.38. The second-order valence-electron chi connectivity index (χ2n) is 12.0. The number of ether oxygens (including phenoxy) is 1. The molecule has 2 aromatic heterocycles. The zero-order chi connectivity index (χ0) is 30.6. The van der Waals surface area contributed by atoms with E-state index >= 15 is 0 Å². The first-order valence-electron chi connectivity index (χ1n) is 14.7. The first-order chi connectivity index (χ1) is 20.6. The molecule has 1 aliphatic carbocycles. The highest BCUT2D eigenvalue weighted by molar-refractivity contribution is 7.21. The molecular weight excluding hydrogens is 578 g/mol. The summed E-state index contributed by atoms with van der Waals surface area (Å²) in [7, 11) is 0. The number of hydrogen-bond donors (Lipinski definition) is 0. The number of benzene rings is 2. The average molecular weight is 616 g/mol. The van der Waals surface area contributed by atoms with Gasteiger partial charge in [-0.05, 0) is 87.4 Å². The van der Waals surface area contributed by atoms with Crippen LogP contribution in [0.15, 0.2) is 85.7 Å². The fourth-order valence-corrected chi connectivity index (χ4v) is 7.22. The van der Waals surface area contributed by atoms with E-state index < -0.39 is 5.60 Å². The lowest BCUT2D eigenvalue weighted by molar-refractivity contribution is 0.0106. The zero-order valence-corrected chi connectivity index (χ0v) is 26.5. The largest absolute Gasteiger partial charge is 0.444 e. The molecule has 6 nitrogen and oxygen atoms in total. The summed E-state index contributed by atoms with van der Waals surface area (Å²) in [5, 5.41) is 1.41. The molecule has 0 unspecified atom stereocenters. The second-order valence-corrected chi connectivity index (χ2v) is 13.4. The Morgan fingerprint density at radius 3 is 2.30 bits per heavy atom. The van der Waals surface area contributed by atoms with Crippen molar-refractivity contribution in [3.8, 4) is 11.1 Å². The molecule has 43 heavy (non-hydrogen) atoms. The van der Waals surface area contributed by atoms with Crippen LogP contribution in [0.25, 0.3) is 21.2 Å². The highest BCUT2D eigenvalue weighted by atomic mass is 35.5. The minimum Gasteiger partial charge on any atom is -0.444 e. The van der Waals surface area contributed by atoms with Gasteiger partial charge in [-0.15, -0.1) is 17.9 Å². The molecule has 4 aromatic rings. The summed E-state index contributed by atoms with van der Waals surface area (Å²) in [6.07, 6.45) is 8.04. The van der Waals surface area contributed by atoms with Gasteiger partial charge < -0.3 is 14.5 Å². The fourth-order valence-electron chi connectivity index (χ4n) is 5.75. The summed E-state index contributed by atoms with van der Waals surface area (Å²) >= 11 is 8.27. The van der Waals surface area contributed by atoms with E-state index in [0.29, 0.717) is 23.0 Å². The number of carbonyl (C=O) groups is 2. The van der Waals surface area contributed by atoms with Crippen LogP contribution in [0.1, 0.15) is 61.7 Å². The monoisotopic (exact) mass is 615 g/mol. The Morgan fingerprint density at radius 2 is 1.65 bits per heavy atom. The molecule has 0 saturated heterocycles. The molecule has 5 rings (SSSR count). The standard InChI is InChI=1S/C35H38ClN3O3S/c1-5-21-38(34(41)42-35(2,3)4)27-13-15-28(16-14-27)39(33(40)32-31(36)29-11-6-7-12-30(29)43-32)23-24-9-8-10-26(22-24)25-17-19-37-20-18-25/h5-12,17-20,22,27-28H,1,13-16,21,23H2,2-4H3. The third kappa shape index (κ3) is 7.28. The van der Waals surface area contributed by atoms with E-state index in [2.05, 4.69) is 29.8 Å². The molecular formula is C35H38ClN3O3S. The van der Waals surface area contributed by atoms with Gasteiger partial charge in [-0.3, -0.25) is 9.78 Å². The number of aromatic nitrogens is 1. The first-order valence-corrected chi connectivity index (χ1v) is 15.9. The molecule has 1 fully saturated rings. The Bertz CT molecular complexity index is 1590. The third-order valence-electron chi connectivity index (χ3n) is 7.79. The van der Waals surface area contributed by atoms with Crippen molar-refractivity contribution in [1.29, 1.82) is 0 Å². The quantitative estimate of drug-likeness (QED) is 0.186. The van der Waals surface area contributed by atoms with Crippen LogP contribution in [0.2, 0.25) is 5.02 Å². The molecule has 2 amide bonds. The van der Waals surface area contributed by atoms with Gasteiger partial charge in [0, 0.05) is 47.7 Å². The smallest absolute Gasteiger partial charge is 0.410 e. The predicted octanol–water partition coefficient (Wildman–Crippen LogP) is 8.99. The van der Waals surface area contributed by atoms with Gasteiger partial charge in [-0.2, -0.15) is 0 Å². The van der Waals surface area contributed by atoms with Gasteiger partial charge in [-0.1, -0.05) is 54.1 Å². The van der Waals surface area contributed by atoms with Crippen LogP contribution in [0.4, 0.5) is 4.79 Å². The van der Waals surface area contributed by atoms with Crippen LogP contribution in [0, 0.1) is 0 Å². The van der Waals surface area contributed by atoms with E-state index in [0.717, 1.165) is 52.5 Å². The molecule has 1 aliphatic rings. The van der Waals surface area contributed by atoms with Crippen molar-refractivity contribution in [3.05, 3.63) is 101 Å². The number of nitrogens with zero attached hydrogens (tertiary/aromatic N) is 3. The molecule has 1 saturated carbocycles. The number of fused-ring (bicyclic) bond motifs is 1. The minimum absolute atomic E-state index is 0.00109. The van der Waals surface area contributed by atoms with Crippen molar-refractivity contribution in [1.82, 2.24) is 14.8 Å². The molecule has 0 bridgehead atoms. The van der Waals surface area contributed by atoms with E-state index in [9.17, 15) is 9.59 Å². The lowest BCUT2D eigenvalue weighted by atomic mass is 9.88. The van der Waals surface area contributed by atoms with E-state index in [4.69, 9.17) is 16.3 Å². The summed E-state index contributed by atoms with van der Waals surface area (Å²) < 4.78 is 6.70. The summed E-state index contributed by atoms with van der Waals surface area (Å²) in [4.78, 5) is 35.8. The maximum Gasteiger partial charge on any atom is 0.410 e. The van der Waals surface area contributed by atoms with Gasteiger partial charge in [-0.25, -0.2) is 4.79 Å². The summed E-state index contributed by atoms with van der Waals surface area (Å²) in [5.41, 5.74) is 2.62. The summed E-state index contributed by atoms with van der Waals surface area (Å²) in [6.45, 7) is 10.4. The number of halogens is 1. The van der Waals surface area contributed by atoms with Crippen LogP contribution in [0.5, 0.6) is 0 Å². The van der Waals surface area contributed by atoms with Crippen molar-refractivity contribution in [2.45, 2.75) is 70.7 Å². The molecule has 0 N–H and O–H groups in total. The minimum atomic E-state index is -0.578. The van der Waals surface area contributed by atoms with Crippen LogP contribution >= 0.6 is 22.9 Å². The molecule has 0 radical (unpaired) electrons. The second kappa shape index (κ2) is 13.3. The Morgan fingerprint density at radius 1 is 0.977 bits per heavy atom. The maximum atomic E-state index is 14.3. The van der Waals surface area contributed by atoms with Crippen LogP contribution in [-0.2, 0) is 11.3 Å². The van der Waals surface area contributed by atoms with Crippen molar-refractivity contribution in [2.75, 3.05) is 6.54 Å². The number of carbonyl (C=O) groups excluding carboxylic acids is 2. The van der Waals surface area contributed by atoms with Crippen molar-refractivity contribution in [2.24, 2.45) is 0 Å². The third-order valence-corrected chi connectivity index (χ3v) is 9.45. The number of rotatable bonds is 8. The number of pyridine rings is 1. The molecule has 0 spiro atoms. The van der Waals surface area contributed by atoms with Gasteiger partial charge in [0.2, 0.25) is 0 Å². The van der Waals surface area contributed by atoms with Gasteiger partial charge >= 0.3 is 6.09 Å². The van der Waals surface area contributed by atoms with E-state index in [1.165, 1.54) is 11.3 Å². The topological polar surface area (TPSA) is 62.7 Å². The highest BCUT2D eigenvalue weighted by Gasteiger charge is 2.35. The van der Waals surface area contributed by atoms with E-state index in [1.54, 1.807) is 23.4 Å². The van der Waals surface area contributed by atoms with Crippen molar-refractivity contribution < 1.29 is 14.3 Å². The summed E-state index contributed by atoms with van der Waals surface area (Å²) in [6, 6.07) is 20.2. The first kappa shape index (κ1) is 30.8. The lowest BCUT2D eigenvalue weighted by Crippen LogP contribution is -2.48. The molecule has 8 heteroatoms. The molecule has 224 valence electrons. The molecule has 2 aromatic carbocycles. The molecule has 2 heterocycles. The predicted molar refractivity (Wildman–Crippen MR) is 176 cm³/mol. The van der Waals surface area contributed by atoms with Gasteiger partial charge in [0.15, 0.2) is 0 Å². The normalized spacial score (nSPS) is 16.9. The number of thiophene rings is 1. The lowest BCUT2D eigenvalue weighted by Gasteiger charge is -2.40. The Hall–Kier alpha value is -3.68.